The van der Waals surface area contributed by atoms with E-state index in [1.807, 2.05) is 14.0 Å². The Morgan fingerprint density at radius 3 is 2.84 bits per heavy atom. The fourth-order valence-electron chi connectivity index (χ4n) is 2.63. The number of aryl methyl sites for hydroxylation is 1. The van der Waals surface area contributed by atoms with Crippen molar-refractivity contribution < 1.29 is 0 Å². The maximum atomic E-state index is 4.73. The summed E-state index contributed by atoms with van der Waals surface area (Å²) in [6.07, 6.45) is 1.21. The van der Waals surface area contributed by atoms with Gasteiger partial charge in [0.25, 0.3) is 0 Å². The molecule has 0 aromatic carbocycles. The van der Waals surface area contributed by atoms with E-state index in [0.29, 0.717) is 6.04 Å². The Hall–Kier alpha value is -1.04. The summed E-state index contributed by atoms with van der Waals surface area (Å²) in [4.78, 5) is 14.1. The minimum atomic E-state index is 0.294. The molecule has 106 valence electrons. The predicted octanol–water partition coefficient (Wildman–Crippen LogP) is 0.813. The van der Waals surface area contributed by atoms with Crippen LogP contribution in [0.5, 0.6) is 0 Å². The number of nitrogens with one attached hydrogen (secondary N) is 1. The molecule has 1 unspecified atom stereocenters. The van der Waals surface area contributed by atoms with E-state index in [9.17, 15) is 0 Å². The molecular formula is C14H25N5. The molecule has 1 fully saturated rings. The van der Waals surface area contributed by atoms with Gasteiger partial charge in [0.15, 0.2) is 0 Å². The zero-order valence-electron chi connectivity index (χ0n) is 12.5. The van der Waals surface area contributed by atoms with Crippen LogP contribution in [-0.4, -0.2) is 60.5 Å². The quantitative estimate of drug-likeness (QED) is 0.874. The average molecular weight is 263 g/mol. The van der Waals surface area contributed by atoms with Crippen molar-refractivity contribution in [2.45, 2.75) is 25.9 Å². The highest BCUT2D eigenvalue weighted by Crippen LogP contribution is 2.20. The Balaban J connectivity index is 2.27. The van der Waals surface area contributed by atoms with Crippen molar-refractivity contribution in [3.63, 3.8) is 0 Å². The van der Waals surface area contributed by atoms with Crippen molar-refractivity contribution >= 4 is 0 Å². The molecule has 0 saturated carbocycles. The first kappa shape index (κ1) is 14.4. The van der Waals surface area contributed by atoms with E-state index in [2.05, 4.69) is 40.3 Å². The Bertz CT molecular complexity index is 420. The molecular weight excluding hydrogens is 238 g/mol. The molecule has 0 radical (unpaired) electrons. The van der Waals surface area contributed by atoms with Crippen LogP contribution in [0.15, 0.2) is 6.07 Å². The fraction of sp³-hybridized carbons (Fsp3) is 0.714. The van der Waals surface area contributed by atoms with E-state index in [-0.39, 0.29) is 0 Å². The number of aromatic nitrogens is 2. The van der Waals surface area contributed by atoms with Gasteiger partial charge < -0.3 is 10.2 Å². The topological polar surface area (TPSA) is 44.3 Å². The molecule has 0 spiro atoms. The average Bonchev–Trinajstić information content (AvgIpc) is 2.51. The normalized spacial score (nSPS) is 22.4. The maximum Gasteiger partial charge on any atom is 0.147 e. The Labute approximate surface area is 116 Å². The summed E-state index contributed by atoms with van der Waals surface area (Å²) in [6.45, 7) is 6.09. The van der Waals surface area contributed by atoms with Crippen molar-refractivity contribution in [2.75, 3.05) is 40.8 Å². The standard InChI is InChI=1S/C14H25N5/c1-11-8-12(9-15-2)17-14(16-11)13-10-18(3)6-5-7-19(13)4/h8,13,15H,5-7,9-10H2,1-4H3. The lowest BCUT2D eigenvalue weighted by Gasteiger charge is -2.26. The molecule has 0 bridgehead atoms. The highest BCUT2D eigenvalue weighted by molar-refractivity contribution is 5.12. The van der Waals surface area contributed by atoms with Crippen molar-refractivity contribution in [3.8, 4) is 0 Å². The highest BCUT2D eigenvalue weighted by Gasteiger charge is 2.24. The van der Waals surface area contributed by atoms with Crippen LogP contribution in [0.1, 0.15) is 29.7 Å². The summed E-state index contributed by atoms with van der Waals surface area (Å²) in [5, 5.41) is 3.16. The van der Waals surface area contributed by atoms with Crippen LogP contribution in [0.4, 0.5) is 0 Å². The first-order valence-corrected chi connectivity index (χ1v) is 6.98. The second-order valence-electron chi connectivity index (χ2n) is 5.50. The minimum Gasteiger partial charge on any atom is -0.314 e. The van der Waals surface area contributed by atoms with E-state index in [0.717, 1.165) is 43.4 Å². The van der Waals surface area contributed by atoms with Crippen LogP contribution >= 0.6 is 0 Å². The molecule has 0 aliphatic carbocycles. The Morgan fingerprint density at radius 1 is 1.32 bits per heavy atom. The Kier molecular flexibility index (Phi) is 4.85. The monoisotopic (exact) mass is 263 g/mol. The van der Waals surface area contributed by atoms with Crippen molar-refractivity contribution in [2.24, 2.45) is 0 Å². The lowest BCUT2D eigenvalue weighted by molar-refractivity contribution is 0.219. The molecule has 5 nitrogen and oxygen atoms in total. The molecule has 2 rings (SSSR count). The van der Waals surface area contributed by atoms with Gasteiger partial charge in [-0.3, -0.25) is 4.90 Å². The molecule has 1 saturated heterocycles. The van der Waals surface area contributed by atoms with Gasteiger partial charge in [-0.1, -0.05) is 0 Å². The number of nitrogens with zero attached hydrogens (tertiary/aromatic N) is 4. The zero-order valence-corrected chi connectivity index (χ0v) is 12.5. The van der Waals surface area contributed by atoms with Gasteiger partial charge in [-0.15, -0.1) is 0 Å². The van der Waals surface area contributed by atoms with E-state index in [1.165, 1.54) is 6.42 Å². The van der Waals surface area contributed by atoms with Crippen molar-refractivity contribution in [3.05, 3.63) is 23.3 Å². The second-order valence-corrected chi connectivity index (χ2v) is 5.50. The summed E-state index contributed by atoms with van der Waals surface area (Å²) in [5.74, 6) is 0.960. The molecule has 5 heteroatoms. The minimum absolute atomic E-state index is 0.294. The predicted molar refractivity (Wildman–Crippen MR) is 77.0 cm³/mol. The number of hydrogen-bond acceptors (Lipinski definition) is 5. The van der Waals surface area contributed by atoms with Crippen LogP contribution in [-0.2, 0) is 6.54 Å². The molecule has 1 atom stereocenters. The van der Waals surface area contributed by atoms with Gasteiger partial charge in [-0.25, -0.2) is 9.97 Å². The van der Waals surface area contributed by atoms with E-state index < -0.39 is 0 Å². The third-order valence-electron chi connectivity index (χ3n) is 3.65. The summed E-state index contributed by atoms with van der Waals surface area (Å²) >= 11 is 0. The van der Waals surface area contributed by atoms with Crippen LogP contribution in [0.2, 0.25) is 0 Å². The number of hydrogen-bond donors (Lipinski definition) is 1. The fourth-order valence-corrected chi connectivity index (χ4v) is 2.63. The zero-order chi connectivity index (χ0) is 13.8. The lowest BCUT2D eigenvalue weighted by atomic mass is 10.2. The van der Waals surface area contributed by atoms with Crippen LogP contribution < -0.4 is 5.32 Å². The molecule has 19 heavy (non-hydrogen) atoms. The molecule has 1 aliphatic rings. The molecule has 1 aliphatic heterocycles. The number of rotatable bonds is 3. The SMILES string of the molecule is CNCc1cc(C)nc(C2CN(C)CCCN2C)n1. The molecule has 1 aromatic heterocycles. The first-order chi connectivity index (χ1) is 9.10. The summed E-state index contributed by atoms with van der Waals surface area (Å²) in [5.41, 5.74) is 2.13. The number of likely N-dealkylation sites (N-methyl/N-ethyl adjacent to an activating group) is 2. The second kappa shape index (κ2) is 6.41. The van der Waals surface area contributed by atoms with Gasteiger partial charge in [0.1, 0.15) is 5.82 Å². The van der Waals surface area contributed by atoms with Gasteiger partial charge in [-0.2, -0.15) is 0 Å². The molecule has 1 N–H and O–H groups in total. The third-order valence-corrected chi connectivity index (χ3v) is 3.65. The largest absolute Gasteiger partial charge is 0.314 e. The third kappa shape index (κ3) is 3.72. The van der Waals surface area contributed by atoms with Gasteiger partial charge in [0.2, 0.25) is 0 Å². The highest BCUT2D eigenvalue weighted by atomic mass is 15.2. The van der Waals surface area contributed by atoms with E-state index >= 15 is 0 Å². The summed E-state index contributed by atoms with van der Waals surface area (Å²) in [6, 6.07) is 2.35. The van der Waals surface area contributed by atoms with Gasteiger partial charge in [0.05, 0.1) is 11.7 Å². The van der Waals surface area contributed by atoms with E-state index in [4.69, 9.17) is 4.98 Å². The smallest absolute Gasteiger partial charge is 0.147 e. The van der Waals surface area contributed by atoms with Crippen LogP contribution in [0.3, 0.4) is 0 Å². The lowest BCUT2D eigenvalue weighted by Crippen LogP contribution is -2.32. The molecule has 0 amide bonds. The van der Waals surface area contributed by atoms with Crippen LogP contribution in [0, 0.1) is 6.92 Å². The van der Waals surface area contributed by atoms with Crippen molar-refractivity contribution in [1.82, 2.24) is 25.1 Å². The molecule has 1 aromatic rings. The summed E-state index contributed by atoms with van der Waals surface area (Å²) < 4.78 is 0. The van der Waals surface area contributed by atoms with Crippen LogP contribution in [0.25, 0.3) is 0 Å². The summed E-state index contributed by atoms with van der Waals surface area (Å²) in [7, 11) is 6.30. The first-order valence-electron chi connectivity index (χ1n) is 6.98. The van der Waals surface area contributed by atoms with Crippen molar-refractivity contribution in [1.29, 1.82) is 0 Å². The van der Waals surface area contributed by atoms with Gasteiger partial charge in [0, 0.05) is 18.8 Å². The van der Waals surface area contributed by atoms with E-state index in [1.54, 1.807) is 0 Å². The molecule has 2 heterocycles. The van der Waals surface area contributed by atoms with Gasteiger partial charge in [-0.05, 0) is 53.6 Å². The Morgan fingerprint density at radius 2 is 2.11 bits per heavy atom. The van der Waals surface area contributed by atoms with Gasteiger partial charge >= 0.3 is 0 Å². The maximum absolute atomic E-state index is 4.73.